The summed E-state index contributed by atoms with van der Waals surface area (Å²) in [7, 11) is -2.40. The van der Waals surface area contributed by atoms with E-state index in [0.29, 0.717) is 17.4 Å². The van der Waals surface area contributed by atoms with E-state index < -0.39 is 35.0 Å². The van der Waals surface area contributed by atoms with Crippen LogP contribution in [0.5, 0.6) is 0 Å². The van der Waals surface area contributed by atoms with E-state index in [2.05, 4.69) is 10.3 Å². The van der Waals surface area contributed by atoms with Gasteiger partial charge in [0.1, 0.15) is 23.8 Å². The van der Waals surface area contributed by atoms with Gasteiger partial charge in [-0.1, -0.05) is 42.5 Å². The van der Waals surface area contributed by atoms with E-state index in [1.807, 2.05) is 29.8 Å². The molecule has 0 bridgehead atoms. The Morgan fingerprint density at radius 3 is 2.44 bits per heavy atom. The fraction of sp³-hybridized carbons (Fsp3) is 0.133. The van der Waals surface area contributed by atoms with Crippen molar-refractivity contribution in [2.75, 3.05) is 17.4 Å². The van der Waals surface area contributed by atoms with Crippen molar-refractivity contribution in [2.45, 2.75) is 11.3 Å². The number of anilines is 1. The second kappa shape index (κ2) is 12.5. The number of aryl methyl sites for hydroxylation is 1. The third-order valence-electron chi connectivity index (χ3n) is 6.95. The van der Waals surface area contributed by atoms with E-state index in [1.54, 1.807) is 54.6 Å². The summed E-state index contributed by atoms with van der Waals surface area (Å²) in [6, 6.07) is 22.7. The van der Waals surface area contributed by atoms with Crippen LogP contribution in [-0.2, 0) is 33.1 Å². The number of pyridine rings is 1. The van der Waals surface area contributed by atoms with E-state index in [9.17, 15) is 18.0 Å². The smallest absolute Gasteiger partial charge is 0.322 e. The molecule has 0 saturated carbocycles. The Bertz CT molecular complexity index is 1950. The third kappa shape index (κ3) is 6.45. The molecule has 5 rings (SSSR count). The number of halogens is 1. The molecule has 0 spiro atoms. The quantitative estimate of drug-likeness (QED) is 0.137. The van der Waals surface area contributed by atoms with E-state index in [4.69, 9.17) is 16.2 Å². The Hall–Kier alpha value is -4.94. The van der Waals surface area contributed by atoms with Crippen molar-refractivity contribution >= 4 is 67.6 Å². The maximum absolute atomic E-state index is 14.1. The summed E-state index contributed by atoms with van der Waals surface area (Å²) in [5.41, 5.74) is 9.52. The Kier molecular flexibility index (Phi) is 9.02. The van der Waals surface area contributed by atoms with E-state index in [1.165, 1.54) is 12.3 Å². The Morgan fingerprint density at radius 2 is 1.74 bits per heavy atom. The Labute approximate surface area is 253 Å². The summed E-state index contributed by atoms with van der Waals surface area (Å²) in [5, 5.41) is 20.2. The molecule has 13 heteroatoms. The molecule has 2 aromatic heterocycles. The standard InChI is InChI=1S/C30H28N6O5S.ClH/c1-35-24(14-19-7-9-21(10-8-19)30(31)32)16-22-15-23(11-12-25(22)35)36(18-27(37)34-17-28(38)39)42(40,41)26-6-2-4-20-5-3-13-33-29(20)26;/h2-13,15-16H,14,17-18H2,1H3,(H3,31,32)(H,34,37)(H,38,39);1H. The highest BCUT2D eigenvalue weighted by Crippen LogP contribution is 2.31. The van der Waals surface area contributed by atoms with Crippen LogP contribution >= 0.6 is 12.4 Å². The monoisotopic (exact) mass is 620 g/mol. The predicted molar refractivity (Wildman–Crippen MR) is 167 cm³/mol. The fourth-order valence-corrected chi connectivity index (χ4v) is 6.39. The number of aromatic nitrogens is 2. The number of nitrogen functional groups attached to an aromatic ring is 1. The van der Waals surface area contributed by atoms with Crippen molar-refractivity contribution in [3.63, 3.8) is 0 Å². The van der Waals surface area contributed by atoms with Crippen LogP contribution in [0.15, 0.2) is 90.0 Å². The molecular weight excluding hydrogens is 592 g/mol. The first-order valence-electron chi connectivity index (χ1n) is 12.9. The minimum atomic E-state index is -4.32. The largest absolute Gasteiger partial charge is 0.480 e. The molecule has 0 aliphatic heterocycles. The molecule has 0 aliphatic carbocycles. The highest BCUT2D eigenvalue weighted by atomic mass is 35.5. The Morgan fingerprint density at radius 1 is 1.02 bits per heavy atom. The van der Waals surface area contributed by atoms with Crippen LogP contribution in [-0.4, -0.2) is 53.9 Å². The molecule has 1 amide bonds. The normalized spacial score (nSPS) is 11.2. The molecule has 0 radical (unpaired) electrons. The fourth-order valence-electron chi connectivity index (χ4n) is 4.81. The second-order valence-corrected chi connectivity index (χ2v) is 11.6. The lowest BCUT2D eigenvalue weighted by molar-refractivity contribution is -0.137. The summed E-state index contributed by atoms with van der Waals surface area (Å²) in [5.74, 6) is -2.02. The number of para-hydroxylation sites is 1. The van der Waals surface area contributed by atoms with E-state index >= 15 is 0 Å². The van der Waals surface area contributed by atoms with Crippen molar-refractivity contribution in [2.24, 2.45) is 12.8 Å². The van der Waals surface area contributed by atoms with Gasteiger partial charge in [-0.15, -0.1) is 12.4 Å². The van der Waals surface area contributed by atoms with Gasteiger partial charge in [-0.3, -0.25) is 24.3 Å². The molecule has 5 aromatic rings. The van der Waals surface area contributed by atoms with Crippen LogP contribution in [0.25, 0.3) is 21.8 Å². The first-order valence-corrected chi connectivity index (χ1v) is 14.4. The molecule has 43 heavy (non-hydrogen) atoms. The van der Waals surface area contributed by atoms with Gasteiger partial charge < -0.3 is 20.7 Å². The summed E-state index contributed by atoms with van der Waals surface area (Å²) in [6.45, 7) is -1.27. The topological polar surface area (TPSA) is 171 Å². The van der Waals surface area contributed by atoms with Crippen molar-refractivity contribution in [1.82, 2.24) is 14.9 Å². The maximum Gasteiger partial charge on any atom is 0.322 e. The zero-order chi connectivity index (χ0) is 30.0. The molecule has 2 heterocycles. The SMILES string of the molecule is Cl.Cn1c(Cc2ccc(C(=N)N)cc2)cc2cc(N(CC(=O)NCC(=O)O)S(=O)(=O)c3cccc4cccnc34)ccc21. The molecule has 0 saturated heterocycles. The van der Waals surface area contributed by atoms with Crippen LogP contribution in [0.3, 0.4) is 0 Å². The lowest BCUT2D eigenvalue weighted by Crippen LogP contribution is -2.42. The zero-order valence-electron chi connectivity index (χ0n) is 23.0. The minimum absolute atomic E-state index is 0. The highest BCUT2D eigenvalue weighted by Gasteiger charge is 2.30. The molecule has 222 valence electrons. The molecule has 0 aliphatic rings. The van der Waals surface area contributed by atoms with Crippen LogP contribution in [0.1, 0.15) is 16.8 Å². The number of benzene rings is 3. The van der Waals surface area contributed by atoms with E-state index in [0.717, 1.165) is 26.5 Å². The molecule has 0 unspecified atom stereocenters. The van der Waals surface area contributed by atoms with Gasteiger partial charge in [0, 0.05) is 47.2 Å². The number of hydrogen-bond donors (Lipinski definition) is 4. The lowest BCUT2D eigenvalue weighted by atomic mass is 10.1. The second-order valence-electron chi connectivity index (χ2n) is 9.74. The number of carboxylic acid groups (broad SMARTS) is 1. The van der Waals surface area contributed by atoms with Gasteiger partial charge in [-0.05, 0) is 42.0 Å². The average Bonchev–Trinajstić information content (AvgIpc) is 3.28. The summed E-state index contributed by atoms with van der Waals surface area (Å²) in [6.07, 6.45) is 2.08. The number of rotatable bonds is 10. The average molecular weight is 621 g/mol. The van der Waals surface area contributed by atoms with Crippen LogP contribution in [0.4, 0.5) is 5.69 Å². The number of carbonyl (C=O) groups excluding carboxylic acids is 1. The van der Waals surface area contributed by atoms with Crippen LogP contribution in [0.2, 0.25) is 0 Å². The first-order chi connectivity index (χ1) is 20.0. The van der Waals surface area contributed by atoms with Crippen LogP contribution in [0, 0.1) is 5.41 Å². The molecule has 3 aromatic carbocycles. The van der Waals surface area contributed by atoms with Gasteiger partial charge in [0.25, 0.3) is 10.0 Å². The van der Waals surface area contributed by atoms with Crippen LogP contribution < -0.4 is 15.4 Å². The van der Waals surface area contributed by atoms with E-state index in [-0.39, 0.29) is 34.3 Å². The number of nitrogens with one attached hydrogen (secondary N) is 2. The summed E-state index contributed by atoms with van der Waals surface area (Å²) >= 11 is 0. The molecule has 0 atom stereocenters. The van der Waals surface area contributed by atoms with Crippen molar-refractivity contribution in [3.8, 4) is 0 Å². The van der Waals surface area contributed by atoms with Crippen molar-refractivity contribution < 1.29 is 23.1 Å². The number of amides is 1. The number of amidine groups is 1. The third-order valence-corrected chi connectivity index (χ3v) is 8.76. The zero-order valence-corrected chi connectivity index (χ0v) is 24.7. The minimum Gasteiger partial charge on any atom is -0.480 e. The number of nitrogens with zero attached hydrogens (tertiary/aromatic N) is 3. The maximum atomic E-state index is 14.1. The molecule has 5 N–H and O–H groups in total. The number of nitrogens with two attached hydrogens (primary N) is 1. The highest BCUT2D eigenvalue weighted by molar-refractivity contribution is 7.93. The van der Waals surface area contributed by atoms with Gasteiger partial charge in [-0.2, -0.15) is 0 Å². The first kappa shape index (κ1) is 31.0. The Balaban J connectivity index is 0.00000423. The van der Waals surface area contributed by atoms with Gasteiger partial charge in [0.15, 0.2) is 0 Å². The molecule has 0 fully saturated rings. The number of hydrogen-bond acceptors (Lipinski definition) is 6. The van der Waals surface area contributed by atoms with Gasteiger partial charge in [-0.25, -0.2) is 8.42 Å². The number of carboxylic acids is 1. The van der Waals surface area contributed by atoms with Gasteiger partial charge in [0.05, 0.1) is 11.2 Å². The number of sulfonamides is 1. The predicted octanol–water partition coefficient (Wildman–Crippen LogP) is 3.42. The summed E-state index contributed by atoms with van der Waals surface area (Å²) < 4.78 is 31.2. The van der Waals surface area contributed by atoms with Crippen molar-refractivity contribution in [1.29, 1.82) is 5.41 Å². The molecule has 11 nitrogen and oxygen atoms in total. The lowest BCUT2D eigenvalue weighted by Gasteiger charge is -2.24. The van der Waals surface area contributed by atoms with Gasteiger partial charge in [0.2, 0.25) is 5.91 Å². The number of fused-ring (bicyclic) bond motifs is 2. The van der Waals surface area contributed by atoms with Crippen molar-refractivity contribution in [3.05, 3.63) is 102 Å². The number of carbonyl (C=O) groups is 2. The molecular formula is C30H29ClN6O5S. The number of aliphatic carboxylic acids is 1. The van der Waals surface area contributed by atoms with Gasteiger partial charge >= 0.3 is 5.97 Å². The summed E-state index contributed by atoms with van der Waals surface area (Å²) in [4.78, 5) is 28.0.